The zero-order valence-electron chi connectivity index (χ0n) is 12.6. The van der Waals surface area contributed by atoms with Gasteiger partial charge in [0.1, 0.15) is 5.58 Å². The largest absolute Gasteiger partial charge is 0.462 e. The number of ether oxygens (including phenoxy) is 1. The van der Waals surface area contributed by atoms with Crippen molar-refractivity contribution in [3.8, 4) is 11.1 Å². The van der Waals surface area contributed by atoms with Crippen LogP contribution in [-0.2, 0) is 4.74 Å². The summed E-state index contributed by atoms with van der Waals surface area (Å²) in [6, 6.07) is 11.7. The average Bonchev–Trinajstić information content (AvgIpc) is 2.57. The Kier molecular flexibility index (Phi) is 4.60. The number of esters is 1. The van der Waals surface area contributed by atoms with Gasteiger partial charge in [-0.1, -0.05) is 41.4 Å². The Balaban J connectivity index is 2.23. The molecule has 1 aromatic heterocycles. The van der Waals surface area contributed by atoms with Gasteiger partial charge in [0.25, 0.3) is 0 Å². The molecule has 0 saturated heterocycles. The molecule has 4 nitrogen and oxygen atoms in total. The van der Waals surface area contributed by atoms with Crippen molar-refractivity contribution < 1.29 is 13.9 Å². The maximum Gasteiger partial charge on any atom is 0.344 e. The van der Waals surface area contributed by atoms with Crippen molar-refractivity contribution in [2.24, 2.45) is 0 Å². The lowest BCUT2D eigenvalue weighted by Crippen LogP contribution is -2.07. The summed E-state index contributed by atoms with van der Waals surface area (Å²) in [6.45, 7) is 1.93. The van der Waals surface area contributed by atoms with E-state index in [-0.39, 0.29) is 27.8 Å². The molecule has 0 aliphatic heterocycles. The summed E-state index contributed by atoms with van der Waals surface area (Å²) in [6.07, 6.45) is 0. The van der Waals surface area contributed by atoms with Gasteiger partial charge in [-0.3, -0.25) is 0 Å². The van der Waals surface area contributed by atoms with Crippen LogP contribution >= 0.6 is 23.2 Å². The fourth-order valence-electron chi connectivity index (χ4n) is 2.37. The van der Waals surface area contributed by atoms with E-state index < -0.39 is 11.6 Å². The molecule has 2 aromatic carbocycles. The van der Waals surface area contributed by atoms with E-state index in [1.807, 2.05) is 12.1 Å². The first-order valence-electron chi connectivity index (χ1n) is 7.20. The van der Waals surface area contributed by atoms with Crippen molar-refractivity contribution in [2.75, 3.05) is 6.61 Å². The molecular weight excluding hydrogens is 351 g/mol. The molecule has 0 bridgehead atoms. The molecule has 24 heavy (non-hydrogen) atoms. The first-order chi connectivity index (χ1) is 11.5. The molecule has 0 N–H and O–H groups in total. The topological polar surface area (TPSA) is 56.5 Å². The van der Waals surface area contributed by atoms with Crippen LogP contribution in [0.15, 0.2) is 51.7 Å². The van der Waals surface area contributed by atoms with Crippen molar-refractivity contribution in [2.45, 2.75) is 6.92 Å². The number of halogens is 2. The van der Waals surface area contributed by atoms with Gasteiger partial charge < -0.3 is 9.15 Å². The highest BCUT2D eigenvalue weighted by Gasteiger charge is 2.18. The van der Waals surface area contributed by atoms with Crippen molar-refractivity contribution in [3.05, 3.63) is 68.5 Å². The molecule has 3 rings (SSSR count). The van der Waals surface area contributed by atoms with E-state index in [0.717, 1.165) is 5.39 Å². The second-order valence-electron chi connectivity index (χ2n) is 5.03. The Morgan fingerprint density at radius 3 is 2.62 bits per heavy atom. The minimum Gasteiger partial charge on any atom is -0.462 e. The third-order valence-corrected chi connectivity index (χ3v) is 4.27. The van der Waals surface area contributed by atoms with Gasteiger partial charge in [0, 0.05) is 10.9 Å². The fraction of sp³-hybridized carbons (Fsp3) is 0.111. The molecule has 3 aromatic rings. The Morgan fingerprint density at radius 2 is 1.88 bits per heavy atom. The molecule has 0 unspecified atom stereocenters. The molecule has 0 fully saturated rings. The molecule has 0 amide bonds. The molecular formula is C18H12Cl2O4. The van der Waals surface area contributed by atoms with Gasteiger partial charge in [0.15, 0.2) is 0 Å². The van der Waals surface area contributed by atoms with Crippen LogP contribution in [-0.4, -0.2) is 12.6 Å². The molecule has 0 saturated carbocycles. The van der Waals surface area contributed by atoms with Crippen LogP contribution in [0.4, 0.5) is 0 Å². The highest BCUT2D eigenvalue weighted by molar-refractivity contribution is 6.44. The number of para-hydroxylation sites is 1. The summed E-state index contributed by atoms with van der Waals surface area (Å²) >= 11 is 12.4. The van der Waals surface area contributed by atoms with E-state index in [4.69, 9.17) is 32.4 Å². The quantitative estimate of drug-likeness (QED) is 0.488. The first kappa shape index (κ1) is 16.6. The van der Waals surface area contributed by atoms with Crippen LogP contribution in [0, 0.1) is 0 Å². The van der Waals surface area contributed by atoms with Crippen LogP contribution in [0.5, 0.6) is 0 Å². The summed E-state index contributed by atoms with van der Waals surface area (Å²) in [5.41, 5.74) is 0.676. The van der Waals surface area contributed by atoms with Gasteiger partial charge in [0.05, 0.1) is 27.8 Å². The smallest absolute Gasteiger partial charge is 0.344 e. The predicted molar refractivity (Wildman–Crippen MR) is 93.9 cm³/mol. The molecule has 0 atom stereocenters. The van der Waals surface area contributed by atoms with E-state index >= 15 is 0 Å². The first-order valence-corrected chi connectivity index (χ1v) is 7.96. The van der Waals surface area contributed by atoms with Gasteiger partial charge in [0.2, 0.25) is 0 Å². The zero-order chi connectivity index (χ0) is 17.3. The average molecular weight is 363 g/mol. The summed E-state index contributed by atoms with van der Waals surface area (Å²) in [5.74, 6) is -0.539. The second-order valence-corrected chi connectivity index (χ2v) is 5.81. The van der Waals surface area contributed by atoms with Gasteiger partial charge in [-0.2, -0.15) is 0 Å². The minimum atomic E-state index is -0.562. The number of fused-ring (bicyclic) bond motifs is 1. The summed E-state index contributed by atoms with van der Waals surface area (Å²) < 4.78 is 10.3. The standard InChI is InChI=1S/C18H12Cl2O4/c1-2-23-17(21)11-8-12(16(20)14(19)9-11)13-7-10-5-3-4-6-15(10)24-18(13)22/h3-9H,2H2,1H3. The van der Waals surface area contributed by atoms with Crippen molar-refractivity contribution >= 4 is 40.1 Å². The fourth-order valence-corrected chi connectivity index (χ4v) is 2.80. The summed E-state index contributed by atoms with van der Waals surface area (Å²) in [5, 5.41) is 1.07. The Hall–Kier alpha value is -2.30. The third kappa shape index (κ3) is 3.03. The molecule has 0 spiro atoms. The van der Waals surface area contributed by atoms with Crippen molar-refractivity contribution in [3.63, 3.8) is 0 Å². The van der Waals surface area contributed by atoms with Gasteiger partial charge in [-0.05, 0) is 31.2 Å². The summed E-state index contributed by atoms with van der Waals surface area (Å²) in [7, 11) is 0. The molecule has 1 heterocycles. The molecule has 6 heteroatoms. The Morgan fingerprint density at radius 1 is 1.12 bits per heavy atom. The minimum absolute atomic E-state index is 0.157. The lowest BCUT2D eigenvalue weighted by Gasteiger charge is -2.09. The van der Waals surface area contributed by atoms with E-state index in [2.05, 4.69) is 0 Å². The zero-order valence-corrected chi connectivity index (χ0v) is 14.1. The highest BCUT2D eigenvalue weighted by Crippen LogP contribution is 2.34. The molecule has 0 aliphatic rings. The number of hydrogen-bond donors (Lipinski definition) is 0. The third-order valence-electron chi connectivity index (χ3n) is 3.47. The van der Waals surface area contributed by atoms with Crippen LogP contribution < -0.4 is 5.63 Å². The number of carbonyl (C=O) groups is 1. The Labute approximate surface area is 147 Å². The van der Waals surface area contributed by atoms with Crippen LogP contribution in [0.25, 0.3) is 22.1 Å². The van der Waals surface area contributed by atoms with Crippen LogP contribution in [0.1, 0.15) is 17.3 Å². The lowest BCUT2D eigenvalue weighted by molar-refractivity contribution is 0.0526. The molecule has 0 radical (unpaired) electrons. The Bertz CT molecular complexity index is 992. The number of carbonyl (C=O) groups excluding carboxylic acids is 1. The SMILES string of the molecule is CCOC(=O)c1cc(Cl)c(Cl)c(-c2cc3ccccc3oc2=O)c1. The van der Waals surface area contributed by atoms with Gasteiger partial charge >= 0.3 is 11.6 Å². The van der Waals surface area contributed by atoms with E-state index in [1.165, 1.54) is 12.1 Å². The van der Waals surface area contributed by atoms with Gasteiger partial charge in [-0.15, -0.1) is 0 Å². The molecule has 122 valence electrons. The van der Waals surface area contributed by atoms with Gasteiger partial charge in [-0.25, -0.2) is 9.59 Å². The number of hydrogen-bond acceptors (Lipinski definition) is 4. The predicted octanol–water partition coefficient (Wildman–Crippen LogP) is 4.94. The van der Waals surface area contributed by atoms with E-state index in [9.17, 15) is 9.59 Å². The summed E-state index contributed by atoms with van der Waals surface area (Å²) in [4.78, 5) is 24.3. The lowest BCUT2D eigenvalue weighted by atomic mass is 10.0. The monoisotopic (exact) mass is 362 g/mol. The van der Waals surface area contributed by atoms with Crippen LogP contribution in [0.3, 0.4) is 0 Å². The second kappa shape index (κ2) is 6.67. The maximum absolute atomic E-state index is 12.3. The maximum atomic E-state index is 12.3. The molecule has 0 aliphatic carbocycles. The normalized spacial score (nSPS) is 10.8. The number of rotatable bonds is 3. The number of benzene rings is 2. The van der Waals surface area contributed by atoms with E-state index in [0.29, 0.717) is 11.1 Å². The van der Waals surface area contributed by atoms with E-state index in [1.54, 1.807) is 25.1 Å². The van der Waals surface area contributed by atoms with Crippen molar-refractivity contribution in [1.29, 1.82) is 0 Å². The highest BCUT2D eigenvalue weighted by atomic mass is 35.5. The van der Waals surface area contributed by atoms with Crippen molar-refractivity contribution in [1.82, 2.24) is 0 Å². The van der Waals surface area contributed by atoms with Crippen LogP contribution in [0.2, 0.25) is 10.0 Å².